The van der Waals surface area contributed by atoms with Gasteiger partial charge in [-0.3, -0.25) is 4.90 Å². The van der Waals surface area contributed by atoms with E-state index >= 15 is 0 Å². The van der Waals surface area contributed by atoms with Crippen molar-refractivity contribution in [3.8, 4) is 11.8 Å². The van der Waals surface area contributed by atoms with E-state index in [4.69, 9.17) is 0 Å². The van der Waals surface area contributed by atoms with Crippen molar-refractivity contribution in [2.24, 2.45) is 0 Å². The number of rotatable bonds is 2. The van der Waals surface area contributed by atoms with E-state index in [0.717, 1.165) is 42.8 Å². The Hall–Kier alpha value is -1.83. The SMILES string of the molecule is Fc1ccc(C#CCN2CCN(c3ccc(Br)cc3)CC2)cc1. The lowest BCUT2D eigenvalue weighted by molar-refractivity contribution is 0.288. The summed E-state index contributed by atoms with van der Waals surface area (Å²) >= 11 is 3.47. The molecular formula is C19H18BrFN2. The second-order valence-corrected chi connectivity index (χ2v) is 6.46. The molecule has 0 atom stereocenters. The summed E-state index contributed by atoms with van der Waals surface area (Å²) in [6, 6.07) is 14.8. The molecule has 1 aliphatic heterocycles. The molecule has 3 rings (SSSR count). The van der Waals surface area contributed by atoms with Gasteiger partial charge >= 0.3 is 0 Å². The highest BCUT2D eigenvalue weighted by atomic mass is 79.9. The van der Waals surface area contributed by atoms with E-state index in [1.165, 1.54) is 17.8 Å². The molecule has 0 amide bonds. The summed E-state index contributed by atoms with van der Waals surface area (Å²) in [7, 11) is 0. The van der Waals surface area contributed by atoms with E-state index < -0.39 is 0 Å². The Morgan fingerprint density at radius 2 is 1.57 bits per heavy atom. The lowest BCUT2D eigenvalue weighted by Crippen LogP contribution is -2.46. The molecule has 23 heavy (non-hydrogen) atoms. The first-order valence-corrected chi connectivity index (χ1v) is 8.47. The molecule has 0 radical (unpaired) electrons. The first kappa shape index (κ1) is 16.0. The van der Waals surface area contributed by atoms with Gasteiger partial charge in [0, 0.05) is 41.9 Å². The molecule has 0 aliphatic carbocycles. The molecule has 1 saturated heterocycles. The molecular weight excluding hydrogens is 355 g/mol. The number of benzene rings is 2. The minimum Gasteiger partial charge on any atom is -0.369 e. The highest BCUT2D eigenvalue weighted by Gasteiger charge is 2.16. The van der Waals surface area contributed by atoms with Gasteiger partial charge in [0.25, 0.3) is 0 Å². The zero-order valence-electron chi connectivity index (χ0n) is 12.8. The molecule has 0 spiro atoms. The van der Waals surface area contributed by atoms with Gasteiger partial charge in [0.2, 0.25) is 0 Å². The summed E-state index contributed by atoms with van der Waals surface area (Å²) in [5.41, 5.74) is 2.13. The predicted octanol–water partition coefficient (Wildman–Crippen LogP) is 3.76. The van der Waals surface area contributed by atoms with Crippen LogP contribution in [0.3, 0.4) is 0 Å². The van der Waals surface area contributed by atoms with Gasteiger partial charge in [-0.15, -0.1) is 0 Å². The molecule has 1 aliphatic rings. The molecule has 0 bridgehead atoms. The van der Waals surface area contributed by atoms with Gasteiger partial charge in [0.1, 0.15) is 5.82 Å². The fourth-order valence-electron chi connectivity index (χ4n) is 2.60. The lowest BCUT2D eigenvalue weighted by atomic mass is 10.2. The van der Waals surface area contributed by atoms with Crippen molar-refractivity contribution in [3.05, 3.63) is 64.4 Å². The van der Waals surface area contributed by atoms with Crippen molar-refractivity contribution in [2.75, 3.05) is 37.6 Å². The summed E-state index contributed by atoms with van der Waals surface area (Å²) in [5, 5.41) is 0. The Balaban J connectivity index is 1.50. The predicted molar refractivity (Wildman–Crippen MR) is 96.1 cm³/mol. The van der Waals surface area contributed by atoms with Crippen LogP contribution in [0.25, 0.3) is 0 Å². The van der Waals surface area contributed by atoms with Crippen LogP contribution in [0.2, 0.25) is 0 Å². The zero-order valence-corrected chi connectivity index (χ0v) is 14.4. The molecule has 0 saturated carbocycles. The van der Waals surface area contributed by atoms with Crippen LogP contribution in [-0.4, -0.2) is 37.6 Å². The third-order valence-corrected chi connectivity index (χ3v) is 4.47. The van der Waals surface area contributed by atoms with Crippen molar-refractivity contribution in [1.29, 1.82) is 0 Å². The quantitative estimate of drug-likeness (QED) is 0.740. The van der Waals surface area contributed by atoms with Gasteiger partial charge in [-0.25, -0.2) is 4.39 Å². The standard InChI is InChI=1S/C19H18BrFN2/c20-17-5-9-19(10-6-17)23-14-12-22(13-15-23)11-1-2-16-3-7-18(21)8-4-16/h3-10H,11-15H2. The largest absolute Gasteiger partial charge is 0.369 e. The summed E-state index contributed by atoms with van der Waals surface area (Å²) in [6.45, 7) is 4.80. The topological polar surface area (TPSA) is 6.48 Å². The van der Waals surface area contributed by atoms with Crippen LogP contribution in [0.15, 0.2) is 53.0 Å². The van der Waals surface area contributed by atoms with E-state index in [1.807, 2.05) is 0 Å². The van der Waals surface area contributed by atoms with Gasteiger partial charge in [-0.05, 0) is 48.5 Å². The van der Waals surface area contributed by atoms with Gasteiger partial charge in [-0.1, -0.05) is 27.8 Å². The summed E-state index contributed by atoms with van der Waals surface area (Å²) < 4.78 is 13.9. The molecule has 2 nitrogen and oxygen atoms in total. The number of nitrogens with zero attached hydrogens (tertiary/aromatic N) is 2. The van der Waals surface area contributed by atoms with E-state index in [1.54, 1.807) is 12.1 Å². The first-order chi connectivity index (χ1) is 11.2. The number of anilines is 1. The van der Waals surface area contributed by atoms with Gasteiger partial charge in [0.05, 0.1) is 6.54 Å². The molecule has 2 aromatic rings. The second kappa shape index (κ2) is 7.63. The van der Waals surface area contributed by atoms with Crippen molar-refractivity contribution < 1.29 is 4.39 Å². The Labute approximate surface area is 145 Å². The smallest absolute Gasteiger partial charge is 0.123 e. The Morgan fingerprint density at radius 1 is 0.913 bits per heavy atom. The number of hydrogen-bond acceptors (Lipinski definition) is 2. The third kappa shape index (κ3) is 4.57. The summed E-state index contributed by atoms with van der Waals surface area (Å²) in [6.07, 6.45) is 0. The molecule has 0 N–H and O–H groups in total. The van der Waals surface area contributed by atoms with Crippen molar-refractivity contribution >= 4 is 21.6 Å². The fraction of sp³-hybridized carbons (Fsp3) is 0.263. The number of piperazine rings is 1. The minimum absolute atomic E-state index is 0.223. The average Bonchev–Trinajstić information content (AvgIpc) is 2.58. The van der Waals surface area contributed by atoms with E-state index in [2.05, 4.69) is 61.8 Å². The molecule has 2 aromatic carbocycles. The molecule has 4 heteroatoms. The Bertz CT molecular complexity index is 693. The van der Waals surface area contributed by atoms with Crippen molar-refractivity contribution in [1.82, 2.24) is 4.90 Å². The van der Waals surface area contributed by atoms with Crippen molar-refractivity contribution in [3.63, 3.8) is 0 Å². The van der Waals surface area contributed by atoms with Crippen molar-refractivity contribution in [2.45, 2.75) is 0 Å². The first-order valence-electron chi connectivity index (χ1n) is 7.68. The normalized spacial score (nSPS) is 15.1. The zero-order chi connectivity index (χ0) is 16.1. The molecule has 1 fully saturated rings. The van der Waals surface area contributed by atoms with E-state index in [-0.39, 0.29) is 5.82 Å². The monoisotopic (exact) mass is 372 g/mol. The Morgan fingerprint density at radius 3 is 2.22 bits per heavy atom. The van der Waals surface area contributed by atoms with E-state index in [9.17, 15) is 4.39 Å². The van der Waals surface area contributed by atoms with Gasteiger partial charge < -0.3 is 4.90 Å². The van der Waals surface area contributed by atoms with Crippen LogP contribution in [0.4, 0.5) is 10.1 Å². The summed E-state index contributed by atoms with van der Waals surface area (Å²) in [5.74, 6) is 6.05. The Kier molecular flexibility index (Phi) is 5.32. The van der Waals surface area contributed by atoms with Gasteiger partial charge in [0.15, 0.2) is 0 Å². The molecule has 118 valence electrons. The maximum Gasteiger partial charge on any atom is 0.123 e. The highest BCUT2D eigenvalue weighted by Crippen LogP contribution is 2.19. The van der Waals surface area contributed by atoms with Crippen LogP contribution < -0.4 is 4.90 Å². The number of hydrogen-bond donors (Lipinski definition) is 0. The molecule has 0 aromatic heterocycles. The highest BCUT2D eigenvalue weighted by molar-refractivity contribution is 9.10. The van der Waals surface area contributed by atoms with Crippen LogP contribution in [-0.2, 0) is 0 Å². The van der Waals surface area contributed by atoms with E-state index in [0.29, 0.717) is 0 Å². The van der Waals surface area contributed by atoms with Crippen LogP contribution in [0.5, 0.6) is 0 Å². The second-order valence-electron chi connectivity index (χ2n) is 5.55. The maximum absolute atomic E-state index is 12.8. The third-order valence-electron chi connectivity index (χ3n) is 3.94. The van der Waals surface area contributed by atoms with Crippen LogP contribution in [0.1, 0.15) is 5.56 Å². The fourth-order valence-corrected chi connectivity index (χ4v) is 2.87. The van der Waals surface area contributed by atoms with Gasteiger partial charge in [-0.2, -0.15) is 0 Å². The average molecular weight is 373 g/mol. The maximum atomic E-state index is 12.8. The van der Waals surface area contributed by atoms with Crippen LogP contribution >= 0.6 is 15.9 Å². The van der Waals surface area contributed by atoms with Crippen LogP contribution in [0, 0.1) is 17.7 Å². The molecule has 0 unspecified atom stereocenters. The summed E-state index contributed by atoms with van der Waals surface area (Å²) in [4.78, 5) is 4.75. The lowest BCUT2D eigenvalue weighted by Gasteiger charge is -2.35. The molecule has 1 heterocycles. The minimum atomic E-state index is -0.223. The number of halogens is 2.